The Morgan fingerprint density at radius 1 is 1.64 bits per heavy atom. The summed E-state index contributed by atoms with van der Waals surface area (Å²) in [5, 5.41) is 8.48. The van der Waals surface area contributed by atoms with Gasteiger partial charge in [0.15, 0.2) is 11.7 Å². The van der Waals surface area contributed by atoms with Crippen LogP contribution in [0, 0.1) is 25.2 Å². The molecule has 0 N–H and O–H groups in total. The van der Waals surface area contributed by atoms with Crippen molar-refractivity contribution in [3.05, 3.63) is 23.9 Å². The Bertz CT molecular complexity index is 330. The van der Waals surface area contributed by atoms with Gasteiger partial charge in [-0.3, -0.25) is 0 Å². The topological polar surface area (TPSA) is 49.8 Å². The lowest BCUT2D eigenvalue weighted by molar-refractivity contribution is 0.510. The van der Waals surface area contributed by atoms with Gasteiger partial charge in [-0.05, 0) is 6.92 Å². The quantitative estimate of drug-likeness (QED) is 0.571. The molecule has 1 rings (SSSR count). The van der Waals surface area contributed by atoms with Gasteiger partial charge in [0.05, 0.1) is 11.3 Å². The standard InChI is InChI=1S/C8H8N2O/c1-5(4-9)8-6(2)10-7(3)11-8/h1H2,2-3H3. The molecule has 3 heteroatoms. The van der Waals surface area contributed by atoms with Crippen LogP contribution in [-0.4, -0.2) is 4.98 Å². The molecule has 0 atom stereocenters. The van der Waals surface area contributed by atoms with Gasteiger partial charge in [0.1, 0.15) is 6.07 Å². The van der Waals surface area contributed by atoms with Crippen molar-refractivity contribution in [1.82, 2.24) is 4.98 Å². The molecule has 1 heterocycles. The van der Waals surface area contributed by atoms with Crippen LogP contribution in [0.5, 0.6) is 0 Å². The van der Waals surface area contributed by atoms with E-state index >= 15 is 0 Å². The van der Waals surface area contributed by atoms with Crippen LogP contribution in [0.25, 0.3) is 5.57 Å². The Labute approximate surface area is 65.0 Å². The number of nitriles is 1. The molecule has 1 aromatic rings. The van der Waals surface area contributed by atoms with E-state index in [4.69, 9.17) is 9.68 Å². The molecule has 0 unspecified atom stereocenters. The number of hydrogen-bond donors (Lipinski definition) is 0. The van der Waals surface area contributed by atoms with Crippen molar-refractivity contribution in [3.63, 3.8) is 0 Å². The maximum Gasteiger partial charge on any atom is 0.192 e. The average molecular weight is 148 g/mol. The van der Waals surface area contributed by atoms with Gasteiger partial charge in [0, 0.05) is 6.92 Å². The molecule has 1 aromatic heterocycles. The van der Waals surface area contributed by atoms with Crippen LogP contribution in [0.2, 0.25) is 0 Å². The summed E-state index contributed by atoms with van der Waals surface area (Å²) < 4.78 is 5.13. The fourth-order valence-corrected chi connectivity index (χ4v) is 0.862. The summed E-state index contributed by atoms with van der Waals surface area (Å²) in [4.78, 5) is 4.00. The van der Waals surface area contributed by atoms with E-state index in [9.17, 15) is 0 Å². The molecule has 0 aromatic carbocycles. The van der Waals surface area contributed by atoms with Gasteiger partial charge in [-0.15, -0.1) is 0 Å². The van der Waals surface area contributed by atoms with Crippen LogP contribution in [0.15, 0.2) is 11.0 Å². The van der Waals surface area contributed by atoms with E-state index in [0.717, 1.165) is 0 Å². The monoisotopic (exact) mass is 148 g/mol. The van der Waals surface area contributed by atoms with Gasteiger partial charge in [-0.1, -0.05) is 6.58 Å². The van der Waals surface area contributed by atoms with Crippen LogP contribution < -0.4 is 0 Å². The molecule has 0 fully saturated rings. The number of rotatable bonds is 1. The highest BCUT2D eigenvalue weighted by Gasteiger charge is 2.08. The Kier molecular flexibility index (Phi) is 1.77. The maximum atomic E-state index is 8.48. The lowest BCUT2D eigenvalue weighted by atomic mass is 10.2. The largest absolute Gasteiger partial charge is 0.440 e. The van der Waals surface area contributed by atoms with Gasteiger partial charge < -0.3 is 4.42 Å². The molecule has 0 radical (unpaired) electrons. The normalized spacial score (nSPS) is 9.18. The minimum Gasteiger partial charge on any atom is -0.440 e. The predicted octanol–water partition coefficient (Wildman–Crippen LogP) is 1.83. The van der Waals surface area contributed by atoms with E-state index in [2.05, 4.69) is 11.6 Å². The fraction of sp³-hybridized carbons (Fsp3) is 0.250. The second-order valence-electron chi connectivity index (χ2n) is 2.24. The van der Waals surface area contributed by atoms with E-state index in [1.807, 2.05) is 6.07 Å². The smallest absolute Gasteiger partial charge is 0.192 e. The third-order valence-corrected chi connectivity index (χ3v) is 1.31. The molecule has 0 spiro atoms. The molecular weight excluding hydrogens is 140 g/mol. The van der Waals surface area contributed by atoms with Crippen molar-refractivity contribution in [3.8, 4) is 6.07 Å². The van der Waals surface area contributed by atoms with Crippen LogP contribution >= 0.6 is 0 Å². The molecule has 0 amide bonds. The third kappa shape index (κ3) is 1.30. The highest BCUT2D eigenvalue weighted by molar-refractivity contribution is 5.72. The second-order valence-corrected chi connectivity index (χ2v) is 2.24. The number of aryl methyl sites for hydroxylation is 2. The second kappa shape index (κ2) is 2.59. The van der Waals surface area contributed by atoms with Gasteiger partial charge in [-0.25, -0.2) is 4.98 Å². The van der Waals surface area contributed by atoms with Crippen molar-refractivity contribution < 1.29 is 4.42 Å². The number of allylic oxidation sites excluding steroid dienone is 1. The van der Waals surface area contributed by atoms with Gasteiger partial charge in [0.25, 0.3) is 0 Å². The maximum absolute atomic E-state index is 8.48. The number of nitrogens with zero attached hydrogens (tertiary/aromatic N) is 2. The minimum atomic E-state index is 0.322. The summed E-state index contributed by atoms with van der Waals surface area (Å²) in [6, 6.07) is 1.91. The first-order chi connectivity index (χ1) is 5.15. The van der Waals surface area contributed by atoms with Crippen molar-refractivity contribution >= 4 is 5.57 Å². The predicted molar refractivity (Wildman–Crippen MR) is 40.6 cm³/mol. The van der Waals surface area contributed by atoms with Crippen molar-refractivity contribution in [2.75, 3.05) is 0 Å². The summed E-state index contributed by atoms with van der Waals surface area (Å²) in [5.74, 6) is 1.05. The SMILES string of the molecule is C=C(C#N)c1oc(C)nc1C. The van der Waals surface area contributed by atoms with E-state index in [1.54, 1.807) is 13.8 Å². The number of oxazole rings is 1. The molecule has 56 valence electrons. The lowest BCUT2D eigenvalue weighted by Crippen LogP contribution is -1.79. The summed E-state index contributed by atoms with van der Waals surface area (Å²) in [6.07, 6.45) is 0. The van der Waals surface area contributed by atoms with E-state index in [-0.39, 0.29) is 0 Å². The zero-order chi connectivity index (χ0) is 8.43. The van der Waals surface area contributed by atoms with Crippen LogP contribution in [-0.2, 0) is 0 Å². The summed E-state index contributed by atoms with van der Waals surface area (Å²) in [5.41, 5.74) is 1.04. The van der Waals surface area contributed by atoms with Crippen LogP contribution in [0.3, 0.4) is 0 Å². The van der Waals surface area contributed by atoms with E-state index in [1.165, 1.54) is 0 Å². The number of aromatic nitrogens is 1. The first-order valence-corrected chi connectivity index (χ1v) is 3.18. The molecule has 0 saturated heterocycles. The Hall–Kier alpha value is -1.56. The molecule has 0 aliphatic carbocycles. The molecule has 11 heavy (non-hydrogen) atoms. The van der Waals surface area contributed by atoms with Crippen molar-refractivity contribution in [2.45, 2.75) is 13.8 Å². The molecule has 0 aliphatic rings. The summed E-state index contributed by atoms with van der Waals surface area (Å²) >= 11 is 0. The molecule has 0 aliphatic heterocycles. The highest BCUT2D eigenvalue weighted by Crippen LogP contribution is 2.16. The molecule has 0 saturated carbocycles. The molecular formula is C8H8N2O. The van der Waals surface area contributed by atoms with Crippen LogP contribution in [0.4, 0.5) is 0 Å². The van der Waals surface area contributed by atoms with E-state index in [0.29, 0.717) is 22.9 Å². The Morgan fingerprint density at radius 3 is 2.64 bits per heavy atom. The van der Waals surface area contributed by atoms with Gasteiger partial charge in [-0.2, -0.15) is 5.26 Å². The van der Waals surface area contributed by atoms with Gasteiger partial charge in [0.2, 0.25) is 0 Å². The molecule has 3 nitrogen and oxygen atoms in total. The van der Waals surface area contributed by atoms with Crippen LogP contribution in [0.1, 0.15) is 17.3 Å². The summed E-state index contributed by atoms with van der Waals surface area (Å²) in [6.45, 7) is 7.05. The van der Waals surface area contributed by atoms with E-state index < -0.39 is 0 Å². The first kappa shape index (κ1) is 7.55. The van der Waals surface area contributed by atoms with Crippen molar-refractivity contribution in [1.29, 1.82) is 5.26 Å². The Balaban J connectivity index is 3.15. The summed E-state index contributed by atoms with van der Waals surface area (Å²) in [7, 11) is 0. The lowest BCUT2D eigenvalue weighted by Gasteiger charge is -1.88. The third-order valence-electron chi connectivity index (χ3n) is 1.31. The van der Waals surface area contributed by atoms with Gasteiger partial charge >= 0.3 is 0 Å². The number of hydrogen-bond acceptors (Lipinski definition) is 3. The molecule has 0 bridgehead atoms. The minimum absolute atomic E-state index is 0.322. The first-order valence-electron chi connectivity index (χ1n) is 3.18. The fourth-order valence-electron chi connectivity index (χ4n) is 0.862. The highest BCUT2D eigenvalue weighted by atomic mass is 16.4. The zero-order valence-electron chi connectivity index (χ0n) is 6.51. The zero-order valence-corrected chi connectivity index (χ0v) is 6.51. The van der Waals surface area contributed by atoms with Crippen molar-refractivity contribution in [2.24, 2.45) is 0 Å². The average Bonchev–Trinajstić information content (AvgIpc) is 2.28. The Morgan fingerprint density at radius 2 is 2.27 bits per heavy atom.